The van der Waals surface area contributed by atoms with Crippen LogP contribution in [0.15, 0.2) is 0 Å². The summed E-state index contributed by atoms with van der Waals surface area (Å²) >= 11 is 0. The van der Waals surface area contributed by atoms with Crippen LogP contribution in [0.25, 0.3) is 0 Å². The van der Waals surface area contributed by atoms with Crippen LogP contribution in [0.2, 0.25) is 0 Å². The third-order valence-corrected chi connectivity index (χ3v) is 5.52. The monoisotopic (exact) mass is 321 g/mol. The summed E-state index contributed by atoms with van der Waals surface area (Å²) in [5.74, 6) is 0.506. The van der Waals surface area contributed by atoms with Gasteiger partial charge >= 0.3 is 6.03 Å². The molecule has 3 aliphatic rings. The van der Waals surface area contributed by atoms with Crippen molar-refractivity contribution < 1.29 is 14.4 Å². The van der Waals surface area contributed by atoms with Crippen molar-refractivity contribution in [3.63, 3.8) is 0 Å². The van der Waals surface area contributed by atoms with Gasteiger partial charge in [-0.15, -0.1) is 0 Å². The lowest BCUT2D eigenvalue weighted by Crippen LogP contribution is -2.50. The lowest BCUT2D eigenvalue weighted by atomic mass is 9.97. The fraction of sp³-hybridized carbons (Fsp3) is 0.824. The molecule has 0 bridgehead atoms. The third kappa shape index (κ3) is 2.62. The standard InChI is InChI=1S/C17H27N3O3/c1-12(2)11-14(21)18-9-5-13(6-10-18)20-15(22)17(3)7-4-8-19(17)16(20)23/h12-13H,4-11H2,1-3H3/t17-/m0/s1. The molecule has 3 rings (SSSR count). The molecule has 6 heteroatoms. The Balaban J connectivity index is 1.63. The summed E-state index contributed by atoms with van der Waals surface area (Å²) < 4.78 is 0. The number of hydrogen-bond acceptors (Lipinski definition) is 3. The molecule has 23 heavy (non-hydrogen) atoms. The molecule has 3 fully saturated rings. The van der Waals surface area contributed by atoms with E-state index in [4.69, 9.17) is 0 Å². The van der Waals surface area contributed by atoms with E-state index in [-0.39, 0.29) is 23.9 Å². The zero-order chi connectivity index (χ0) is 16.8. The Morgan fingerprint density at radius 1 is 1.22 bits per heavy atom. The van der Waals surface area contributed by atoms with Crippen LogP contribution >= 0.6 is 0 Å². The van der Waals surface area contributed by atoms with Gasteiger partial charge in [-0.05, 0) is 38.5 Å². The first-order valence-electron chi connectivity index (χ1n) is 8.77. The highest BCUT2D eigenvalue weighted by Gasteiger charge is 2.58. The van der Waals surface area contributed by atoms with Gasteiger partial charge in [-0.2, -0.15) is 0 Å². The number of fused-ring (bicyclic) bond motifs is 1. The minimum Gasteiger partial charge on any atom is -0.343 e. The van der Waals surface area contributed by atoms with Crippen molar-refractivity contribution in [1.29, 1.82) is 0 Å². The molecule has 0 radical (unpaired) electrons. The van der Waals surface area contributed by atoms with E-state index in [1.54, 1.807) is 4.90 Å². The topological polar surface area (TPSA) is 60.9 Å². The molecule has 0 unspecified atom stereocenters. The van der Waals surface area contributed by atoms with Crippen molar-refractivity contribution >= 4 is 17.8 Å². The fourth-order valence-electron chi connectivity index (χ4n) is 4.14. The maximum absolute atomic E-state index is 12.8. The predicted molar refractivity (Wildman–Crippen MR) is 85.6 cm³/mol. The van der Waals surface area contributed by atoms with Crippen LogP contribution in [0.3, 0.4) is 0 Å². The second kappa shape index (κ2) is 5.80. The number of likely N-dealkylation sites (tertiary alicyclic amines) is 1. The number of amides is 4. The molecule has 6 nitrogen and oxygen atoms in total. The molecule has 0 aromatic rings. The molecule has 0 saturated carbocycles. The smallest absolute Gasteiger partial charge is 0.327 e. The number of carbonyl (C=O) groups excluding carboxylic acids is 3. The van der Waals surface area contributed by atoms with Crippen LogP contribution in [-0.2, 0) is 9.59 Å². The van der Waals surface area contributed by atoms with Crippen molar-refractivity contribution in [2.45, 2.75) is 64.5 Å². The highest BCUT2D eigenvalue weighted by molar-refractivity contribution is 6.07. The van der Waals surface area contributed by atoms with Crippen LogP contribution in [0.1, 0.15) is 52.9 Å². The largest absolute Gasteiger partial charge is 0.343 e. The number of urea groups is 1. The molecule has 3 saturated heterocycles. The zero-order valence-electron chi connectivity index (χ0n) is 14.4. The first-order chi connectivity index (χ1) is 10.8. The van der Waals surface area contributed by atoms with E-state index in [9.17, 15) is 14.4 Å². The number of hydrogen-bond donors (Lipinski definition) is 0. The fourth-order valence-corrected chi connectivity index (χ4v) is 4.14. The minimum absolute atomic E-state index is 0.0352. The number of nitrogens with zero attached hydrogens (tertiary/aromatic N) is 3. The highest BCUT2D eigenvalue weighted by Crippen LogP contribution is 2.39. The minimum atomic E-state index is -0.623. The van der Waals surface area contributed by atoms with Crippen LogP contribution in [0, 0.1) is 5.92 Å². The van der Waals surface area contributed by atoms with Crippen molar-refractivity contribution in [3.05, 3.63) is 0 Å². The molecule has 0 aromatic carbocycles. The van der Waals surface area contributed by atoms with Crippen LogP contribution in [0.5, 0.6) is 0 Å². The SMILES string of the molecule is CC(C)CC(=O)N1CCC(N2C(=O)N3CCC[C@@]3(C)C2=O)CC1. The molecule has 3 aliphatic heterocycles. The van der Waals surface area contributed by atoms with Gasteiger partial charge < -0.3 is 9.80 Å². The van der Waals surface area contributed by atoms with Crippen LogP contribution in [-0.4, -0.2) is 63.8 Å². The number of carbonyl (C=O) groups is 3. The van der Waals surface area contributed by atoms with E-state index in [0.29, 0.717) is 44.8 Å². The van der Waals surface area contributed by atoms with Gasteiger partial charge in [0.2, 0.25) is 5.91 Å². The maximum atomic E-state index is 12.8. The molecular formula is C17H27N3O3. The zero-order valence-corrected chi connectivity index (χ0v) is 14.4. The van der Waals surface area contributed by atoms with Gasteiger partial charge in [0.25, 0.3) is 5.91 Å². The average molecular weight is 321 g/mol. The van der Waals surface area contributed by atoms with Crippen molar-refractivity contribution in [2.24, 2.45) is 5.92 Å². The van der Waals surface area contributed by atoms with Crippen molar-refractivity contribution in [2.75, 3.05) is 19.6 Å². The number of piperidine rings is 1. The maximum Gasteiger partial charge on any atom is 0.327 e. The van der Waals surface area contributed by atoms with Gasteiger partial charge in [-0.3, -0.25) is 14.5 Å². The predicted octanol–water partition coefficient (Wildman–Crippen LogP) is 1.84. The molecule has 0 aliphatic carbocycles. The van der Waals surface area contributed by atoms with Gasteiger partial charge in [0.1, 0.15) is 5.54 Å². The molecule has 0 spiro atoms. The average Bonchev–Trinajstić information content (AvgIpc) is 2.97. The van der Waals surface area contributed by atoms with Gasteiger partial charge in [0, 0.05) is 32.1 Å². The molecular weight excluding hydrogens is 294 g/mol. The van der Waals surface area contributed by atoms with Crippen LogP contribution < -0.4 is 0 Å². The Morgan fingerprint density at radius 2 is 1.87 bits per heavy atom. The van der Waals surface area contributed by atoms with Gasteiger partial charge in [-0.25, -0.2) is 4.79 Å². The highest BCUT2D eigenvalue weighted by atomic mass is 16.2. The lowest BCUT2D eigenvalue weighted by molar-refractivity contribution is -0.136. The Morgan fingerprint density at radius 3 is 2.43 bits per heavy atom. The second-order valence-electron chi connectivity index (χ2n) is 7.70. The van der Waals surface area contributed by atoms with Crippen LogP contribution in [0.4, 0.5) is 4.79 Å². The summed E-state index contributed by atoms with van der Waals surface area (Å²) in [5, 5.41) is 0. The molecule has 3 heterocycles. The summed E-state index contributed by atoms with van der Waals surface area (Å²) in [5.41, 5.74) is -0.623. The van der Waals surface area contributed by atoms with Gasteiger partial charge in [-0.1, -0.05) is 13.8 Å². The quantitative estimate of drug-likeness (QED) is 0.745. The number of rotatable bonds is 3. The Labute approximate surface area is 137 Å². The Bertz CT molecular complexity index is 525. The molecule has 0 aromatic heterocycles. The lowest BCUT2D eigenvalue weighted by Gasteiger charge is -2.36. The Hall–Kier alpha value is -1.59. The van der Waals surface area contributed by atoms with E-state index in [2.05, 4.69) is 0 Å². The second-order valence-corrected chi connectivity index (χ2v) is 7.70. The molecule has 128 valence electrons. The summed E-state index contributed by atoms with van der Waals surface area (Å²) in [6.45, 7) is 7.94. The van der Waals surface area contributed by atoms with Gasteiger partial charge in [0.05, 0.1) is 0 Å². The molecule has 1 atom stereocenters. The van der Waals surface area contributed by atoms with Gasteiger partial charge in [0.15, 0.2) is 0 Å². The normalized spacial score (nSPS) is 29.0. The summed E-state index contributed by atoms with van der Waals surface area (Å²) in [4.78, 5) is 42.6. The van der Waals surface area contributed by atoms with E-state index < -0.39 is 5.54 Å². The molecule has 0 N–H and O–H groups in total. The first kappa shape index (κ1) is 16.3. The Kier molecular flexibility index (Phi) is 4.10. The number of imide groups is 1. The summed E-state index contributed by atoms with van der Waals surface area (Å²) in [6, 6.07) is -0.178. The summed E-state index contributed by atoms with van der Waals surface area (Å²) in [6.07, 6.45) is 3.64. The van der Waals surface area contributed by atoms with E-state index in [1.807, 2.05) is 25.7 Å². The van der Waals surface area contributed by atoms with E-state index in [0.717, 1.165) is 12.8 Å². The summed E-state index contributed by atoms with van der Waals surface area (Å²) in [7, 11) is 0. The molecule has 4 amide bonds. The van der Waals surface area contributed by atoms with Crippen molar-refractivity contribution in [3.8, 4) is 0 Å². The third-order valence-electron chi connectivity index (χ3n) is 5.52. The first-order valence-corrected chi connectivity index (χ1v) is 8.77. The van der Waals surface area contributed by atoms with Crippen molar-refractivity contribution in [1.82, 2.24) is 14.7 Å². The van der Waals surface area contributed by atoms with E-state index in [1.165, 1.54) is 4.90 Å². The van der Waals surface area contributed by atoms with E-state index >= 15 is 0 Å².